The van der Waals surface area contributed by atoms with Crippen LogP contribution in [-0.2, 0) is 14.8 Å². The van der Waals surface area contributed by atoms with E-state index >= 15 is 0 Å². The van der Waals surface area contributed by atoms with Crippen molar-refractivity contribution < 1.29 is 17.9 Å². The van der Waals surface area contributed by atoms with Gasteiger partial charge in [-0.1, -0.05) is 11.6 Å². The van der Waals surface area contributed by atoms with Gasteiger partial charge < -0.3 is 9.64 Å². The first-order chi connectivity index (χ1) is 9.24. The Labute approximate surface area is 130 Å². The van der Waals surface area contributed by atoms with Crippen molar-refractivity contribution in [2.75, 3.05) is 18.6 Å². The van der Waals surface area contributed by atoms with Gasteiger partial charge in [-0.2, -0.15) is 0 Å². The Hall–Kier alpha value is -0.830. The van der Waals surface area contributed by atoms with E-state index in [0.717, 1.165) is 0 Å². The van der Waals surface area contributed by atoms with Crippen molar-refractivity contribution in [3.63, 3.8) is 0 Å². The minimum absolute atomic E-state index is 0.00795. The van der Waals surface area contributed by atoms with Crippen LogP contribution in [0.3, 0.4) is 0 Å². The molecule has 1 fully saturated rings. The first-order valence-corrected chi connectivity index (χ1v) is 8.37. The minimum Gasteiger partial charge on any atom is -0.495 e. The summed E-state index contributed by atoms with van der Waals surface area (Å²) in [6.45, 7) is -0.00795. The Morgan fingerprint density at radius 2 is 2.15 bits per heavy atom. The zero-order valence-electron chi connectivity index (χ0n) is 10.5. The summed E-state index contributed by atoms with van der Waals surface area (Å²) in [5.74, 6) is 0.0883. The lowest BCUT2D eigenvalue weighted by Crippen LogP contribution is -2.32. The van der Waals surface area contributed by atoms with Crippen LogP contribution in [0.25, 0.3) is 0 Å². The zero-order valence-corrected chi connectivity index (χ0v) is 13.6. The van der Waals surface area contributed by atoms with E-state index in [1.165, 1.54) is 12.0 Å². The molecule has 1 aromatic carbocycles. The lowest BCUT2D eigenvalue weighted by atomic mass is 10.2. The number of carbonyl (C=O) groups is 1. The van der Waals surface area contributed by atoms with Crippen molar-refractivity contribution in [3.05, 3.63) is 21.6 Å². The largest absolute Gasteiger partial charge is 0.495 e. The number of nitrogens with two attached hydrogens (primary N) is 1. The number of hydrogen-bond donors (Lipinski definition) is 1. The summed E-state index contributed by atoms with van der Waals surface area (Å²) in [5, 5.41) is 4.58. The predicted molar refractivity (Wildman–Crippen MR) is 79.6 cm³/mol. The molecule has 0 saturated carbocycles. The molecule has 6 nitrogen and oxygen atoms in total. The molecule has 20 heavy (non-hydrogen) atoms. The number of amides is 1. The van der Waals surface area contributed by atoms with Crippen molar-refractivity contribution in [2.24, 2.45) is 5.14 Å². The third kappa shape index (κ3) is 2.93. The molecule has 1 amide bonds. The van der Waals surface area contributed by atoms with Crippen LogP contribution in [0, 0.1) is 0 Å². The van der Waals surface area contributed by atoms with Gasteiger partial charge in [0, 0.05) is 17.4 Å². The second-order valence-corrected chi connectivity index (χ2v) is 7.46. The quantitative estimate of drug-likeness (QED) is 0.856. The molecular weight excluding hydrogens is 372 g/mol. The van der Waals surface area contributed by atoms with Crippen LogP contribution in [-0.4, -0.2) is 33.2 Å². The van der Waals surface area contributed by atoms with Crippen LogP contribution in [0.2, 0.25) is 5.02 Å². The third-order valence-corrected chi connectivity index (χ3v) is 5.51. The summed E-state index contributed by atoms with van der Waals surface area (Å²) < 4.78 is 28.6. The summed E-state index contributed by atoms with van der Waals surface area (Å²) in [6.07, 6.45) is -0.143. The van der Waals surface area contributed by atoms with Crippen molar-refractivity contribution in [3.8, 4) is 5.75 Å². The molecule has 1 aliphatic heterocycles. The number of hydrogen-bond acceptors (Lipinski definition) is 4. The van der Waals surface area contributed by atoms with Gasteiger partial charge in [-0.25, -0.2) is 13.6 Å². The van der Waals surface area contributed by atoms with Gasteiger partial charge in [0.25, 0.3) is 0 Å². The van der Waals surface area contributed by atoms with E-state index in [2.05, 4.69) is 15.9 Å². The average molecular weight is 384 g/mol. The van der Waals surface area contributed by atoms with Crippen LogP contribution in [0.1, 0.15) is 6.42 Å². The second-order valence-electron chi connectivity index (χ2n) is 4.36. The van der Waals surface area contributed by atoms with Crippen LogP contribution in [0.5, 0.6) is 5.75 Å². The van der Waals surface area contributed by atoms with Gasteiger partial charge in [0.15, 0.2) is 0 Å². The highest BCUT2D eigenvalue weighted by Gasteiger charge is 2.38. The maximum atomic E-state index is 12.0. The SMILES string of the molecule is COc1cc(Br)c(Cl)cc1N1CC(S(N)(=O)=O)CC1=O. The highest BCUT2D eigenvalue weighted by atomic mass is 79.9. The van der Waals surface area contributed by atoms with E-state index in [-0.39, 0.29) is 18.9 Å². The smallest absolute Gasteiger partial charge is 0.228 e. The van der Waals surface area contributed by atoms with E-state index in [1.54, 1.807) is 12.1 Å². The monoisotopic (exact) mass is 382 g/mol. The van der Waals surface area contributed by atoms with Gasteiger partial charge in [-0.05, 0) is 28.1 Å². The Balaban J connectivity index is 2.42. The number of benzene rings is 1. The highest BCUT2D eigenvalue weighted by molar-refractivity contribution is 9.10. The molecule has 1 aromatic rings. The molecule has 1 saturated heterocycles. The lowest BCUT2D eigenvalue weighted by Gasteiger charge is -2.20. The summed E-state index contributed by atoms with van der Waals surface area (Å²) in [6, 6.07) is 3.17. The Kier molecular flexibility index (Phi) is 4.29. The van der Waals surface area contributed by atoms with Crippen molar-refractivity contribution in [2.45, 2.75) is 11.7 Å². The normalized spacial score (nSPS) is 19.5. The molecule has 1 heterocycles. The highest BCUT2D eigenvalue weighted by Crippen LogP contribution is 2.38. The van der Waals surface area contributed by atoms with Crippen LogP contribution < -0.4 is 14.8 Å². The number of ether oxygens (including phenoxy) is 1. The summed E-state index contributed by atoms with van der Waals surface area (Å²) in [4.78, 5) is 13.3. The predicted octanol–water partition coefficient (Wildman–Crippen LogP) is 1.50. The third-order valence-electron chi connectivity index (χ3n) is 3.07. The molecule has 0 radical (unpaired) electrons. The van der Waals surface area contributed by atoms with Crippen molar-refractivity contribution in [1.82, 2.24) is 0 Å². The number of nitrogens with zero attached hydrogens (tertiary/aromatic N) is 1. The maximum absolute atomic E-state index is 12.0. The molecule has 1 unspecified atom stereocenters. The second kappa shape index (κ2) is 5.51. The van der Waals surface area contributed by atoms with Gasteiger partial charge in [0.2, 0.25) is 15.9 Å². The molecule has 1 aliphatic rings. The molecule has 0 aromatic heterocycles. The molecule has 9 heteroatoms. The number of rotatable bonds is 3. The first-order valence-electron chi connectivity index (χ1n) is 5.59. The maximum Gasteiger partial charge on any atom is 0.228 e. The minimum atomic E-state index is -3.76. The number of carbonyl (C=O) groups excluding carboxylic acids is 1. The number of sulfonamides is 1. The Morgan fingerprint density at radius 1 is 1.50 bits per heavy atom. The Bertz CT molecular complexity index is 665. The van der Waals surface area contributed by atoms with Gasteiger partial charge in [-0.15, -0.1) is 0 Å². The van der Waals surface area contributed by atoms with Gasteiger partial charge in [0.05, 0.1) is 17.8 Å². The number of halogens is 2. The summed E-state index contributed by atoms with van der Waals surface area (Å²) in [7, 11) is -2.30. The molecule has 1 atom stereocenters. The molecular formula is C11H12BrClN2O4S. The fourth-order valence-corrected chi connectivity index (χ4v) is 3.23. The molecule has 0 aliphatic carbocycles. The van der Waals surface area contributed by atoms with Crippen LogP contribution in [0.4, 0.5) is 5.69 Å². The van der Waals surface area contributed by atoms with E-state index in [1.807, 2.05) is 0 Å². The van der Waals surface area contributed by atoms with Crippen molar-refractivity contribution >= 4 is 49.1 Å². The average Bonchev–Trinajstić information content (AvgIpc) is 2.74. The molecule has 0 spiro atoms. The van der Waals surface area contributed by atoms with E-state index in [4.69, 9.17) is 21.5 Å². The van der Waals surface area contributed by atoms with Crippen LogP contribution in [0.15, 0.2) is 16.6 Å². The topological polar surface area (TPSA) is 89.7 Å². The van der Waals surface area contributed by atoms with E-state index < -0.39 is 15.3 Å². The lowest BCUT2D eigenvalue weighted by molar-refractivity contribution is -0.117. The number of primary sulfonamides is 1. The fraction of sp³-hybridized carbons (Fsp3) is 0.364. The molecule has 110 valence electrons. The molecule has 2 N–H and O–H groups in total. The summed E-state index contributed by atoms with van der Waals surface area (Å²) in [5.41, 5.74) is 0.428. The standard InChI is InChI=1S/C11H12BrClN2O4S/c1-19-10-3-7(12)8(13)4-9(10)15-5-6(2-11(15)16)20(14,17)18/h3-4,6H,2,5H2,1H3,(H2,14,17,18). The first kappa shape index (κ1) is 15.6. The summed E-state index contributed by atoms with van der Waals surface area (Å²) >= 11 is 9.27. The van der Waals surface area contributed by atoms with Crippen LogP contribution >= 0.6 is 27.5 Å². The molecule has 0 bridgehead atoms. The van der Waals surface area contributed by atoms with Gasteiger partial charge >= 0.3 is 0 Å². The van der Waals surface area contributed by atoms with Gasteiger partial charge in [0.1, 0.15) is 11.0 Å². The fourth-order valence-electron chi connectivity index (χ4n) is 2.02. The Morgan fingerprint density at radius 3 is 2.65 bits per heavy atom. The van der Waals surface area contributed by atoms with E-state index in [0.29, 0.717) is 20.9 Å². The number of methoxy groups -OCH3 is 1. The van der Waals surface area contributed by atoms with Gasteiger partial charge in [-0.3, -0.25) is 4.79 Å². The van der Waals surface area contributed by atoms with Crippen molar-refractivity contribution in [1.29, 1.82) is 0 Å². The number of anilines is 1. The molecule has 2 rings (SSSR count). The zero-order chi connectivity index (χ0) is 15.1. The van der Waals surface area contributed by atoms with E-state index in [9.17, 15) is 13.2 Å².